The number of urea groups is 1. The van der Waals surface area contributed by atoms with Crippen LogP contribution in [0, 0.1) is 0 Å². The van der Waals surface area contributed by atoms with Gasteiger partial charge in [0, 0.05) is 5.70 Å². The Bertz CT molecular complexity index is 2090. The van der Waals surface area contributed by atoms with Gasteiger partial charge in [0.05, 0.1) is 57.8 Å². The SMILES string of the molecule is CCOC(=O)C1=C(C)N(C[C@@H]2O[C@H](COCc3ccccc3)[C@@H](OCc3ccccc3)[C@H](OCc3ccccc3)[C@@H]2OCc2ccccc2)C(=O)N[C@H]1c1ccccc1. The predicted octanol–water partition coefficient (Wildman–Crippen LogP) is 8.33. The van der Waals surface area contributed by atoms with Crippen LogP contribution in [0.2, 0.25) is 0 Å². The van der Waals surface area contributed by atoms with Crippen LogP contribution in [-0.2, 0) is 59.6 Å². The van der Waals surface area contributed by atoms with Gasteiger partial charge in [-0.25, -0.2) is 9.59 Å². The molecule has 6 atom stereocenters. The number of esters is 1. The van der Waals surface area contributed by atoms with Crippen LogP contribution in [0.3, 0.4) is 0 Å². The van der Waals surface area contributed by atoms with E-state index in [0.717, 1.165) is 27.8 Å². The van der Waals surface area contributed by atoms with Crippen molar-refractivity contribution in [3.05, 3.63) is 191 Å². The van der Waals surface area contributed by atoms with Crippen molar-refractivity contribution in [1.82, 2.24) is 10.2 Å². The van der Waals surface area contributed by atoms with Crippen LogP contribution in [0.15, 0.2) is 163 Å². The molecule has 5 aromatic carbocycles. The molecule has 2 aliphatic rings. The molecular weight excluding hydrogens is 745 g/mol. The minimum Gasteiger partial charge on any atom is -0.463 e. The summed E-state index contributed by atoms with van der Waals surface area (Å²) in [5, 5.41) is 3.08. The number of nitrogens with one attached hydrogen (secondary N) is 1. The Morgan fingerprint density at radius 1 is 0.610 bits per heavy atom. The topological polar surface area (TPSA) is 105 Å². The lowest BCUT2D eigenvalue weighted by molar-refractivity contribution is -0.273. The lowest BCUT2D eigenvalue weighted by atomic mass is 9.92. The number of hydrogen-bond donors (Lipinski definition) is 1. The Hall–Kier alpha value is -5.62. The molecule has 2 aliphatic heterocycles. The maximum absolute atomic E-state index is 14.3. The summed E-state index contributed by atoms with van der Waals surface area (Å²) < 4.78 is 39.6. The number of ether oxygens (including phenoxy) is 6. The van der Waals surface area contributed by atoms with Gasteiger partial charge < -0.3 is 33.7 Å². The second-order valence-electron chi connectivity index (χ2n) is 14.6. The molecule has 7 rings (SSSR count). The number of nitrogens with zero attached hydrogens (tertiary/aromatic N) is 1. The van der Waals surface area contributed by atoms with E-state index in [-0.39, 0.29) is 39.0 Å². The molecular formula is C49H52N2O8. The molecule has 10 nitrogen and oxygen atoms in total. The second kappa shape index (κ2) is 20.9. The monoisotopic (exact) mass is 796 g/mol. The molecule has 5 aromatic rings. The average molecular weight is 797 g/mol. The zero-order valence-corrected chi connectivity index (χ0v) is 33.6. The highest BCUT2D eigenvalue weighted by atomic mass is 16.6. The maximum Gasteiger partial charge on any atom is 0.338 e. The molecule has 0 saturated carbocycles. The summed E-state index contributed by atoms with van der Waals surface area (Å²) in [6, 6.07) is 48.1. The van der Waals surface area contributed by atoms with Crippen LogP contribution in [0.4, 0.5) is 4.79 Å². The fraction of sp³-hybridized carbons (Fsp3) is 0.306. The Kier molecular flexibility index (Phi) is 14.7. The first-order valence-electron chi connectivity index (χ1n) is 20.2. The lowest BCUT2D eigenvalue weighted by Crippen LogP contribution is -2.64. The quantitative estimate of drug-likeness (QED) is 0.0884. The molecule has 1 fully saturated rings. The van der Waals surface area contributed by atoms with Gasteiger partial charge in [-0.3, -0.25) is 4.90 Å². The molecule has 59 heavy (non-hydrogen) atoms. The third-order valence-corrected chi connectivity index (χ3v) is 10.6. The number of allylic oxidation sites excluding steroid dienone is 1. The minimum absolute atomic E-state index is 0.0350. The summed E-state index contributed by atoms with van der Waals surface area (Å²) in [7, 11) is 0. The summed E-state index contributed by atoms with van der Waals surface area (Å²) in [4.78, 5) is 29.5. The molecule has 0 radical (unpaired) electrons. The number of amides is 2. The molecule has 2 amide bonds. The third-order valence-electron chi connectivity index (χ3n) is 10.6. The van der Waals surface area contributed by atoms with E-state index < -0.39 is 42.5 Å². The highest BCUT2D eigenvalue weighted by Gasteiger charge is 2.50. The second-order valence-corrected chi connectivity index (χ2v) is 14.6. The van der Waals surface area contributed by atoms with Gasteiger partial charge in [0.25, 0.3) is 0 Å². The van der Waals surface area contributed by atoms with Gasteiger partial charge in [0.1, 0.15) is 30.5 Å². The first-order chi connectivity index (χ1) is 29.0. The van der Waals surface area contributed by atoms with Crippen LogP contribution in [0.25, 0.3) is 0 Å². The Morgan fingerprint density at radius 2 is 1.05 bits per heavy atom. The van der Waals surface area contributed by atoms with E-state index in [1.807, 2.05) is 152 Å². The Morgan fingerprint density at radius 3 is 1.54 bits per heavy atom. The molecule has 0 bridgehead atoms. The predicted molar refractivity (Wildman–Crippen MR) is 224 cm³/mol. The van der Waals surface area contributed by atoms with Crippen LogP contribution in [0.5, 0.6) is 0 Å². The maximum atomic E-state index is 14.3. The van der Waals surface area contributed by atoms with Crippen molar-refractivity contribution in [3.8, 4) is 0 Å². The van der Waals surface area contributed by atoms with Crippen LogP contribution in [0.1, 0.15) is 47.7 Å². The zero-order valence-electron chi connectivity index (χ0n) is 33.6. The van der Waals surface area contributed by atoms with E-state index in [1.165, 1.54) is 0 Å². The van der Waals surface area contributed by atoms with Crippen molar-refractivity contribution in [2.24, 2.45) is 0 Å². The Labute approximate surface area is 346 Å². The van der Waals surface area contributed by atoms with Crippen molar-refractivity contribution < 1.29 is 38.0 Å². The molecule has 1 saturated heterocycles. The first kappa shape index (κ1) is 41.5. The van der Waals surface area contributed by atoms with Gasteiger partial charge in [-0.2, -0.15) is 0 Å². The van der Waals surface area contributed by atoms with E-state index in [9.17, 15) is 9.59 Å². The summed E-state index contributed by atoms with van der Waals surface area (Å²) in [5.41, 5.74) is 5.54. The van der Waals surface area contributed by atoms with E-state index in [2.05, 4.69) is 5.32 Å². The summed E-state index contributed by atoms with van der Waals surface area (Å²) in [5.74, 6) is -0.504. The van der Waals surface area contributed by atoms with Crippen LogP contribution >= 0.6 is 0 Å². The van der Waals surface area contributed by atoms with Crippen molar-refractivity contribution in [2.75, 3.05) is 19.8 Å². The number of carbonyl (C=O) groups excluding carboxylic acids is 2. The van der Waals surface area contributed by atoms with Gasteiger partial charge in [-0.1, -0.05) is 152 Å². The number of rotatable bonds is 18. The molecule has 306 valence electrons. The summed E-state index contributed by atoms with van der Waals surface area (Å²) >= 11 is 0. The largest absolute Gasteiger partial charge is 0.463 e. The Balaban J connectivity index is 1.27. The molecule has 0 unspecified atom stereocenters. The fourth-order valence-corrected chi connectivity index (χ4v) is 7.58. The van der Waals surface area contributed by atoms with Crippen molar-refractivity contribution in [2.45, 2.75) is 76.8 Å². The smallest absolute Gasteiger partial charge is 0.338 e. The highest BCUT2D eigenvalue weighted by Crippen LogP contribution is 2.35. The molecule has 2 heterocycles. The van der Waals surface area contributed by atoms with E-state index in [1.54, 1.807) is 18.7 Å². The zero-order chi connectivity index (χ0) is 40.8. The molecule has 1 N–H and O–H groups in total. The van der Waals surface area contributed by atoms with Gasteiger partial charge >= 0.3 is 12.0 Å². The first-order valence-corrected chi connectivity index (χ1v) is 20.2. The average Bonchev–Trinajstić information content (AvgIpc) is 3.27. The molecule has 10 heteroatoms. The van der Waals surface area contributed by atoms with E-state index in [4.69, 9.17) is 28.4 Å². The standard InChI is InChI=1S/C49H52N2O8/c1-3-55-48(52)43-35(2)51(49(53)50-44(43)40-27-17-8-18-28-40)29-41-45(56-31-37-21-11-5-12-22-37)47(58-33-39-25-15-7-16-26-39)46(57-32-38-23-13-6-14-24-38)42(59-41)34-54-30-36-19-9-4-10-20-36/h4-28,41-42,44-47H,3,29-34H2,1-2H3,(H,50,53)/t41-,42+,44-,45+,46+,47+/m0/s1. The normalized spacial score (nSPS) is 21.9. The molecule has 0 aromatic heterocycles. The van der Waals surface area contributed by atoms with E-state index in [0.29, 0.717) is 24.5 Å². The van der Waals surface area contributed by atoms with E-state index >= 15 is 0 Å². The number of benzene rings is 5. The van der Waals surface area contributed by atoms with Crippen LogP contribution in [-0.4, -0.2) is 67.2 Å². The van der Waals surface area contributed by atoms with Gasteiger partial charge in [-0.05, 0) is 41.7 Å². The fourth-order valence-electron chi connectivity index (χ4n) is 7.58. The summed E-state index contributed by atoms with van der Waals surface area (Å²) in [6.45, 7) is 5.12. The van der Waals surface area contributed by atoms with Gasteiger partial charge in [0.2, 0.25) is 0 Å². The van der Waals surface area contributed by atoms with Crippen LogP contribution < -0.4 is 5.32 Å². The van der Waals surface area contributed by atoms with Gasteiger partial charge in [0.15, 0.2) is 0 Å². The van der Waals surface area contributed by atoms with Crippen molar-refractivity contribution in [1.29, 1.82) is 0 Å². The minimum atomic E-state index is -0.751. The molecule has 0 spiro atoms. The highest BCUT2D eigenvalue weighted by molar-refractivity contribution is 5.95. The van der Waals surface area contributed by atoms with Crippen molar-refractivity contribution >= 4 is 12.0 Å². The number of hydrogen-bond acceptors (Lipinski definition) is 8. The lowest BCUT2D eigenvalue weighted by Gasteiger charge is -2.48. The van der Waals surface area contributed by atoms with Gasteiger partial charge in [-0.15, -0.1) is 0 Å². The summed E-state index contributed by atoms with van der Waals surface area (Å²) in [6.07, 6.45) is -3.44. The third kappa shape index (κ3) is 10.9. The van der Waals surface area contributed by atoms with Crippen molar-refractivity contribution in [3.63, 3.8) is 0 Å². The number of carbonyl (C=O) groups is 2. The molecule has 0 aliphatic carbocycles.